The van der Waals surface area contributed by atoms with Crippen LogP contribution in [0.1, 0.15) is 0 Å². The van der Waals surface area contributed by atoms with E-state index in [9.17, 15) is 4.39 Å². The monoisotopic (exact) mass is 141 g/mol. The van der Waals surface area contributed by atoms with Gasteiger partial charge in [-0.2, -0.15) is 9.42 Å². The third-order valence-corrected chi connectivity index (χ3v) is 2.00. The molecule has 48 valence electrons. The Labute approximate surface area is 47.0 Å². The van der Waals surface area contributed by atoms with Crippen molar-refractivity contribution < 1.29 is 18.3 Å². The van der Waals surface area contributed by atoms with Crippen molar-refractivity contribution in [3.63, 3.8) is 0 Å². The van der Waals surface area contributed by atoms with Crippen molar-refractivity contribution in [2.45, 2.75) is 6.36 Å². The van der Waals surface area contributed by atoms with Crippen LogP contribution in [-0.2, 0) is 9.05 Å². The third-order valence-electron chi connectivity index (χ3n) is 0.755. The van der Waals surface area contributed by atoms with Crippen LogP contribution < -0.4 is 0 Å². The molecule has 0 aliphatic carbocycles. The van der Waals surface area contributed by atoms with Crippen LogP contribution in [0.15, 0.2) is 0 Å². The predicted molar refractivity (Wildman–Crippen MR) is 27.0 cm³/mol. The fraction of sp³-hybridized carbons (Fsp3) is 1.00. The van der Waals surface area contributed by atoms with Gasteiger partial charge in [0.05, 0.1) is 0 Å². The fourth-order valence-corrected chi connectivity index (χ4v) is 1.41. The second-order valence-electron chi connectivity index (χ2n) is 1.61. The van der Waals surface area contributed by atoms with Crippen molar-refractivity contribution >= 4 is 7.94 Å². The van der Waals surface area contributed by atoms with Crippen molar-refractivity contribution in [2.75, 3.05) is 13.3 Å². The molecule has 1 rings (SSSR count). The van der Waals surface area contributed by atoms with E-state index in [1.807, 2.05) is 0 Å². The highest BCUT2D eigenvalue weighted by Gasteiger charge is 2.45. The molecule has 0 aromatic carbocycles. The van der Waals surface area contributed by atoms with Crippen LogP contribution in [0.2, 0.25) is 0 Å². The Hall–Kier alpha value is 0.240. The van der Waals surface area contributed by atoms with Crippen LogP contribution in [0.5, 0.6) is 0 Å². The number of hydrogen-bond acceptors (Lipinski definition) is 3. The molecule has 8 heavy (non-hydrogen) atoms. The van der Waals surface area contributed by atoms with Crippen LogP contribution in [0, 0.1) is 0 Å². The van der Waals surface area contributed by atoms with Crippen LogP contribution in [0.3, 0.4) is 0 Å². The van der Waals surface area contributed by atoms with Crippen LogP contribution >= 0.6 is 7.94 Å². The van der Waals surface area contributed by atoms with E-state index in [4.69, 9.17) is 4.89 Å². The van der Waals surface area contributed by atoms with Crippen molar-refractivity contribution in [1.29, 1.82) is 0 Å². The molecule has 0 spiro atoms. The highest BCUT2D eigenvalue weighted by molar-refractivity contribution is 7.60. The molecule has 0 bridgehead atoms. The van der Waals surface area contributed by atoms with Gasteiger partial charge in [0.2, 0.25) is 0 Å². The molecule has 0 aromatic heterocycles. The zero-order chi connectivity index (χ0) is 6.20. The van der Waals surface area contributed by atoms with Gasteiger partial charge in [-0.3, -0.25) is 0 Å². The van der Waals surface area contributed by atoms with E-state index in [1.54, 1.807) is 0 Å². The summed E-state index contributed by atoms with van der Waals surface area (Å²) in [5.41, 5.74) is 0. The first-order chi connectivity index (χ1) is 3.60. The molecule has 5 heteroatoms. The number of hydrogen-bond donors (Lipinski definition) is 1. The first-order valence-corrected chi connectivity index (χ1v) is 4.19. The van der Waals surface area contributed by atoms with E-state index in [-0.39, 0.29) is 6.61 Å². The van der Waals surface area contributed by atoms with Crippen LogP contribution in [0.4, 0.5) is 4.39 Å². The first-order valence-electron chi connectivity index (χ1n) is 2.16. The van der Waals surface area contributed by atoms with Gasteiger partial charge < -0.3 is 0 Å². The summed E-state index contributed by atoms with van der Waals surface area (Å²) in [7, 11) is -2.72. The van der Waals surface area contributed by atoms with Gasteiger partial charge in [-0.25, -0.2) is 4.39 Å². The summed E-state index contributed by atoms with van der Waals surface area (Å²) >= 11 is 0. The summed E-state index contributed by atoms with van der Waals surface area (Å²) in [6.45, 7) is 1.22. The SMILES string of the molecule is C[P+]1(O)OCC(F)O1. The molecule has 3 nitrogen and oxygen atoms in total. The lowest BCUT2D eigenvalue weighted by atomic mass is 10.8. The molecule has 0 amide bonds. The highest BCUT2D eigenvalue weighted by Crippen LogP contribution is 2.58. The summed E-state index contributed by atoms with van der Waals surface area (Å²) < 4.78 is 20.8. The van der Waals surface area contributed by atoms with Gasteiger partial charge in [-0.15, -0.1) is 4.52 Å². The molecular formula is C3H7FO3P+. The minimum absolute atomic E-state index is 0.138. The largest absolute Gasteiger partial charge is 0.408 e. The molecule has 0 aromatic rings. The molecule has 1 N–H and O–H groups in total. The minimum atomic E-state index is -2.72. The van der Waals surface area contributed by atoms with Crippen molar-refractivity contribution in [2.24, 2.45) is 0 Å². The average molecular weight is 141 g/mol. The first kappa shape index (κ1) is 6.36. The van der Waals surface area contributed by atoms with E-state index in [2.05, 4.69) is 9.05 Å². The van der Waals surface area contributed by atoms with E-state index < -0.39 is 14.3 Å². The highest BCUT2D eigenvalue weighted by atomic mass is 31.2. The molecule has 0 saturated carbocycles. The quantitative estimate of drug-likeness (QED) is 0.505. The number of halogens is 1. The van der Waals surface area contributed by atoms with Crippen molar-refractivity contribution in [1.82, 2.24) is 0 Å². The lowest BCUT2D eigenvalue weighted by molar-refractivity contribution is 0.0875. The van der Waals surface area contributed by atoms with E-state index >= 15 is 0 Å². The maximum atomic E-state index is 11.9. The fourth-order valence-electron chi connectivity index (χ4n) is 0.470. The average Bonchev–Trinajstić information content (AvgIpc) is 1.82. The Balaban J connectivity index is 2.44. The van der Waals surface area contributed by atoms with Crippen LogP contribution in [-0.4, -0.2) is 24.5 Å². The standard InChI is InChI=1S/C3H7FO3P/c1-8(5)6-2-3(4)7-8/h3,5H,2H2,1H3/q+1. The van der Waals surface area contributed by atoms with Crippen LogP contribution in [0.25, 0.3) is 0 Å². The molecule has 2 atom stereocenters. The Bertz CT molecular complexity index is 96.5. The van der Waals surface area contributed by atoms with E-state index in [0.29, 0.717) is 0 Å². The van der Waals surface area contributed by atoms with Gasteiger partial charge in [0.25, 0.3) is 6.36 Å². The molecule has 1 aliphatic heterocycles. The molecule has 1 aliphatic rings. The van der Waals surface area contributed by atoms with E-state index in [0.717, 1.165) is 0 Å². The van der Waals surface area contributed by atoms with Gasteiger partial charge in [0.15, 0.2) is 6.61 Å². The molecule has 1 saturated heterocycles. The summed E-state index contributed by atoms with van der Waals surface area (Å²) in [5.74, 6) is 0. The predicted octanol–water partition coefficient (Wildman–Crippen LogP) is 0.714. The second kappa shape index (κ2) is 1.88. The summed E-state index contributed by atoms with van der Waals surface area (Å²) in [5, 5.41) is 0. The van der Waals surface area contributed by atoms with Gasteiger partial charge >= 0.3 is 7.94 Å². The second-order valence-corrected chi connectivity index (χ2v) is 3.69. The maximum absolute atomic E-state index is 11.9. The zero-order valence-corrected chi connectivity index (χ0v) is 5.27. The molecular weight excluding hydrogens is 134 g/mol. The van der Waals surface area contributed by atoms with Gasteiger partial charge in [0.1, 0.15) is 6.66 Å². The Kier molecular flexibility index (Phi) is 1.50. The lowest BCUT2D eigenvalue weighted by Crippen LogP contribution is -1.97. The number of alkyl halides is 1. The van der Waals surface area contributed by atoms with Gasteiger partial charge in [-0.05, 0) is 0 Å². The smallest absolute Gasteiger partial charge is 0.208 e. The normalized spacial score (nSPS) is 47.6. The molecule has 0 radical (unpaired) electrons. The lowest BCUT2D eigenvalue weighted by Gasteiger charge is -1.98. The third kappa shape index (κ3) is 1.36. The Morgan fingerprint density at radius 2 is 2.50 bits per heavy atom. The molecule has 1 heterocycles. The Morgan fingerprint density at radius 3 is 2.62 bits per heavy atom. The summed E-state index contributed by atoms with van der Waals surface area (Å²) in [4.78, 5) is 8.79. The topological polar surface area (TPSA) is 38.7 Å². The van der Waals surface area contributed by atoms with Gasteiger partial charge in [-0.1, -0.05) is 0 Å². The number of rotatable bonds is 0. The van der Waals surface area contributed by atoms with Crippen molar-refractivity contribution in [3.05, 3.63) is 0 Å². The van der Waals surface area contributed by atoms with E-state index in [1.165, 1.54) is 6.66 Å². The zero-order valence-electron chi connectivity index (χ0n) is 4.37. The van der Waals surface area contributed by atoms with Gasteiger partial charge in [0, 0.05) is 0 Å². The maximum Gasteiger partial charge on any atom is 0.408 e. The molecule has 2 unspecified atom stereocenters. The summed E-state index contributed by atoms with van der Waals surface area (Å²) in [6.07, 6.45) is -1.43. The minimum Gasteiger partial charge on any atom is -0.208 e. The Morgan fingerprint density at radius 1 is 1.88 bits per heavy atom. The van der Waals surface area contributed by atoms with Crippen molar-refractivity contribution in [3.8, 4) is 0 Å². The summed E-state index contributed by atoms with van der Waals surface area (Å²) in [6, 6.07) is 0. The molecule has 1 fully saturated rings.